The molecule has 0 aliphatic heterocycles. The fourth-order valence-corrected chi connectivity index (χ4v) is 2.94. The number of halogens is 1. The second-order valence-electron chi connectivity index (χ2n) is 4.75. The summed E-state index contributed by atoms with van der Waals surface area (Å²) in [5.74, 6) is -0.267. The lowest BCUT2D eigenvalue weighted by Crippen LogP contribution is -2.14. The second kappa shape index (κ2) is 5.25. The van der Waals surface area contributed by atoms with Crippen molar-refractivity contribution >= 4 is 21.4 Å². The molecular formula is C14H13FN4OS. The zero-order chi connectivity index (χ0) is 15.0. The normalized spacial score (nSPS) is 12.5. The van der Waals surface area contributed by atoms with Crippen LogP contribution >= 0.6 is 11.3 Å². The van der Waals surface area contributed by atoms with Gasteiger partial charge in [0.2, 0.25) is 10.1 Å². The first kappa shape index (κ1) is 13.7. The van der Waals surface area contributed by atoms with Crippen LogP contribution in [-0.2, 0) is 0 Å². The summed E-state index contributed by atoms with van der Waals surface area (Å²) in [6.07, 6.45) is 0. The number of nitrogens with one attached hydrogen (secondary N) is 1. The molecule has 0 aliphatic rings. The van der Waals surface area contributed by atoms with E-state index in [2.05, 4.69) is 15.4 Å². The lowest BCUT2D eigenvalue weighted by molar-refractivity contribution is 0.626. The molecule has 3 rings (SSSR count). The molecule has 1 aromatic carbocycles. The third-order valence-corrected chi connectivity index (χ3v) is 3.92. The summed E-state index contributed by atoms with van der Waals surface area (Å²) >= 11 is 1.31. The quantitative estimate of drug-likeness (QED) is 0.808. The van der Waals surface area contributed by atoms with Gasteiger partial charge in [-0.3, -0.25) is 4.79 Å². The van der Waals surface area contributed by atoms with Gasteiger partial charge in [-0.25, -0.2) is 9.37 Å². The minimum Gasteiger partial charge on any atom is -0.354 e. The largest absolute Gasteiger partial charge is 0.354 e. The summed E-state index contributed by atoms with van der Waals surface area (Å²) in [5, 5.41) is 8.01. The maximum atomic E-state index is 12.9. The lowest BCUT2D eigenvalue weighted by Gasteiger charge is -2.12. The number of rotatable bonds is 3. The van der Waals surface area contributed by atoms with E-state index in [0.29, 0.717) is 15.8 Å². The first-order valence-electron chi connectivity index (χ1n) is 6.42. The number of anilines is 1. The number of nitrogens with zero attached hydrogens (tertiary/aromatic N) is 3. The third kappa shape index (κ3) is 2.78. The van der Waals surface area contributed by atoms with E-state index in [9.17, 15) is 9.18 Å². The third-order valence-electron chi connectivity index (χ3n) is 3.08. The molecule has 7 heteroatoms. The van der Waals surface area contributed by atoms with Crippen molar-refractivity contribution in [3.63, 3.8) is 0 Å². The summed E-state index contributed by atoms with van der Waals surface area (Å²) in [5.41, 5.74) is 1.41. The van der Waals surface area contributed by atoms with Crippen LogP contribution in [0.1, 0.15) is 24.2 Å². The molecule has 0 aliphatic carbocycles. The SMILES string of the molecule is Cc1cc(=O)n2nc(NC(C)c3ccc(F)cc3)sc2n1. The van der Waals surface area contributed by atoms with Crippen molar-refractivity contribution < 1.29 is 4.39 Å². The Morgan fingerprint density at radius 2 is 2.05 bits per heavy atom. The number of aryl methyl sites for hydroxylation is 1. The summed E-state index contributed by atoms with van der Waals surface area (Å²) in [6.45, 7) is 3.72. The molecule has 1 unspecified atom stereocenters. The van der Waals surface area contributed by atoms with Crippen molar-refractivity contribution in [2.75, 3.05) is 5.32 Å². The molecule has 0 fully saturated rings. The van der Waals surface area contributed by atoms with Gasteiger partial charge in [-0.1, -0.05) is 23.5 Å². The zero-order valence-electron chi connectivity index (χ0n) is 11.5. The van der Waals surface area contributed by atoms with E-state index >= 15 is 0 Å². The van der Waals surface area contributed by atoms with E-state index in [1.807, 2.05) is 6.92 Å². The van der Waals surface area contributed by atoms with Gasteiger partial charge in [0, 0.05) is 11.8 Å². The van der Waals surface area contributed by atoms with Gasteiger partial charge < -0.3 is 5.32 Å². The van der Waals surface area contributed by atoms with Crippen molar-refractivity contribution in [1.29, 1.82) is 0 Å². The van der Waals surface area contributed by atoms with E-state index in [0.717, 1.165) is 5.56 Å². The van der Waals surface area contributed by atoms with Crippen molar-refractivity contribution in [2.24, 2.45) is 0 Å². The van der Waals surface area contributed by atoms with E-state index in [1.165, 1.54) is 34.1 Å². The molecule has 2 aromatic heterocycles. The molecule has 108 valence electrons. The van der Waals surface area contributed by atoms with Crippen LogP contribution < -0.4 is 10.9 Å². The van der Waals surface area contributed by atoms with E-state index in [4.69, 9.17) is 0 Å². The summed E-state index contributed by atoms with van der Waals surface area (Å²) in [6, 6.07) is 7.66. The highest BCUT2D eigenvalue weighted by atomic mass is 32.1. The fraction of sp³-hybridized carbons (Fsp3) is 0.214. The predicted octanol–water partition coefficient (Wildman–Crippen LogP) is 2.77. The molecule has 0 spiro atoms. The van der Waals surface area contributed by atoms with Gasteiger partial charge in [0.05, 0.1) is 6.04 Å². The first-order chi connectivity index (χ1) is 10.0. The van der Waals surface area contributed by atoms with E-state index < -0.39 is 0 Å². The number of aromatic nitrogens is 3. The Morgan fingerprint density at radius 3 is 2.76 bits per heavy atom. The van der Waals surface area contributed by atoms with Crippen molar-refractivity contribution in [3.8, 4) is 0 Å². The van der Waals surface area contributed by atoms with Gasteiger partial charge in [-0.05, 0) is 31.5 Å². The molecule has 1 atom stereocenters. The zero-order valence-corrected chi connectivity index (χ0v) is 12.3. The molecule has 3 aromatic rings. The van der Waals surface area contributed by atoms with Gasteiger partial charge in [0.15, 0.2) is 0 Å². The van der Waals surface area contributed by atoms with Crippen molar-refractivity contribution in [3.05, 3.63) is 57.8 Å². The van der Waals surface area contributed by atoms with Crippen LogP contribution in [0, 0.1) is 12.7 Å². The molecule has 2 heterocycles. The Bertz CT molecular complexity index is 840. The molecule has 0 amide bonds. The number of hydrogen-bond donors (Lipinski definition) is 1. The minimum absolute atomic E-state index is 0.0528. The summed E-state index contributed by atoms with van der Waals surface area (Å²) in [4.78, 5) is 16.6. The molecule has 0 bridgehead atoms. The van der Waals surface area contributed by atoms with Gasteiger partial charge in [0.25, 0.3) is 5.56 Å². The highest BCUT2D eigenvalue weighted by Crippen LogP contribution is 2.23. The molecule has 0 radical (unpaired) electrons. The number of fused-ring (bicyclic) bond motifs is 1. The number of benzene rings is 1. The van der Waals surface area contributed by atoms with Gasteiger partial charge in [-0.15, -0.1) is 5.10 Å². The molecule has 5 nitrogen and oxygen atoms in total. The average Bonchev–Trinajstić information content (AvgIpc) is 2.82. The van der Waals surface area contributed by atoms with Crippen molar-refractivity contribution in [2.45, 2.75) is 19.9 Å². The highest BCUT2D eigenvalue weighted by molar-refractivity contribution is 7.20. The van der Waals surface area contributed by atoms with E-state index in [1.54, 1.807) is 19.1 Å². The highest BCUT2D eigenvalue weighted by Gasteiger charge is 2.11. The predicted molar refractivity (Wildman–Crippen MR) is 80.3 cm³/mol. The fourth-order valence-electron chi connectivity index (χ4n) is 2.00. The van der Waals surface area contributed by atoms with E-state index in [-0.39, 0.29) is 17.4 Å². The number of hydrogen-bond acceptors (Lipinski definition) is 5. The van der Waals surface area contributed by atoms with Crippen LogP contribution in [-0.4, -0.2) is 14.6 Å². The van der Waals surface area contributed by atoms with Crippen LogP contribution in [0.25, 0.3) is 4.96 Å². The van der Waals surface area contributed by atoms with Crippen LogP contribution in [0.4, 0.5) is 9.52 Å². The standard InChI is InChI=1S/C14H13FN4OS/c1-8-7-12(20)19-14(16-8)21-13(18-19)17-9(2)10-3-5-11(15)6-4-10/h3-7,9H,1-2H3,(H,17,18). The lowest BCUT2D eigenvalue weighted by atomic mass is 10.1. The van der Waals surface area contributed by atoms with Crippen LogP contribution in [0.3, 0.4) is 0 Å². The second-order valence-corrected chi connectivity index (χ2v) is 5.71. The molecular weight excluding hydrogens is 291 g/mol. The molecule has 0 saturated heterocycles. The monoisotopic (exact) mass is 304 g/mol. The first-order valence-corrected chi connectivity index (χ1v) is 7.24. The van der Waals surface area contributed by atoms with Crippen LogP contribution in [0.15, 0.2) is 35.1 Å². The Morgan fingerprint density at radius 1 is 1.33 bits per heavy atom. The molecule has 1 N–H and O–H groups in total. The Labute approximate surface area is 124 Å². The van der Waals surface area contributed by atoms with Crippen LogP contribution in [0.2, 0.25) is 0 Å². The summed E-state index contributed by atoms with van der Waals surface area (Å²) in [7, 11) is 0. The summed E-state index contributed by atoms with van der Waals surface area (Å²) < 4.78 is 14.2. The maximum absolute atomic E-state index is 12.9. The minimum atomic E-state index is -0.267. The van der Waals surface area contributed by atoms with Crippen molar-refractivity contribution in [1.82, 2.24) is 14.6 Å². The van der Waals surface area contributed by atoms with Gasteiger partial charge in [0.1, 0.15) is 5.82 Å². The molecule has 0 saturated carbocycles. The van der Waals surface area contributed by atoms with Gasteiger partial charge >= 0.3 is 0 Å². The topological polar surface area (TPSA) is 59.3 Å². The van der Waals surface area contributed by atoms with Gasteiger partial charge in [-0.2, -0.15) is 4.52 Å². The maximum Gasteiger partial charge on any atom is 0.275 e. The smallest absolute Gasteiger partial charge is 0.275 e. The Hall–Kier alpha value is -2.28. The average molecular weight is 304 g/mol. The Kier molecular flexibility index (Phi) is 3.42. The molecule has 21 heavy (non-hydrogen) atoms. The Balaban J connectivity index is 1.89. The van der Waals surface area contributed by atoms with Crippen LogP contribution in [0.5, 0.6) is 0 Å².